The van der Waals surface area contributed by atoms with Crippen LogP contribution in [0.5, 0.6) is 0 Å². The number of aliphatic carboxylic acids is 1. The van der Waals surface area contributed by atoms with Crippen LogP contribution in [0.3, 0.4) is 0 Å². The van der Waals surface area contributed by atoms with Gasteiger partial charge in [0.05, 0.1) is 10.5 Å². The predicted molar refractivity (Wildman–Crippen MR) is 76.1 cm³/mol. The molecule has 0 aromatic heterocycles. The van der Waals surface area contributed by atoms with Gasteiger partial charge >= 0.3 is 12.1 Å². The highest BCUT2D eigenvalue weighted by atomic mass is 16.6. The number of nitrogens with zero attached hydrogens (tertiary/aromatic N) is 1. The number of carbonyl (C=O) groups is 2. The van der Waals surface area contributed by atoms with Crippen LogP contribution in [0.25, 0.3) is 0 Å². The smallest absolute Gasteiger partial charge is 0.408 e. The van der Waals surface area contributed by atoms with Crippen molar-refractivity contribution in [3.63, 3.8) is 0 Å². The average molecular weight is 311 g/mol. The first kappa shape index (κ1) is 17.4. The van der Waals surface area contributed by atoms with Gasteiger partial charge in [0, 0.05) is 6.07 Å². The molecule has 0 radical (unpaired) electrons. The standard InChI is InChI=1S/C13H17N3O6/c14-7-3-5-10(12(17)18)15-13(19)22-8-9-4-1-2-6-11(9)16(20)21/h1-2,4,6,10H,3,5,7-8,14H2,(H,15,19)(H,17,18). The molecule has 0 aliphatic carbocycles. The van der Waals surface area contributed by atoms with Crippen LogP contribution in [0, 0.1) is 10.1 Å². The van der Waals surface area contributed by atoms with E-state index in [4.69, 9.17) is 15.6 Å². The zero-order valence-electron chi connectivity index (χ0n) is 11.7. The molecule has 9 heteroatoms. The van der Waals surface area contributed by atoms with Crippen molar-refractivity contribution in [1.82, 2.24) is 5.32 Å². The summed E-state index contributed by atoms with van der Waals surface area (Å²) in [5.41, 5.74) is 5.33. The summed E-state index contributed by atoms with van der Waals surface area (Å²) in [4.78, 5) is 32.8. The Bertz CT molecular complexity index is 548. The molecule has 0 fully saturated rings. The van der Waals surface area contributed by atoms with Crippen LogP contribution in [0.4, 0.5) is 10.5 Å². The Balaban J connectivity index is 2.59. The molecule has 0 heterocycles. The van der Waals surface area contributed by atoms with Gasteiger partial charge in [0.25, 0.3) is 5.69 Å². The van der Waals surface area contributed by atoms with Gasteiger partial charge in [-0.3, -0.25) is 10.1 Å². The molecule has 1 amide bonds. The van der Waals surface area contributed by atoms with Gasteiger partial charge in [-0.2, -0.15) is 0 Å². The Morgan fingerprint density at radius 3 is 2.68 bits per heavy atom. The van der Waals surface area contributed by atoms with Crippen molar-refractivity contribution in [3.05, 3.63) is 39.9 Å². The zero-order valence-corrected chi connectivity index (χ0v) is 11.7. The number of carbonyl (C=O) groups excluding carboxylic acids is 1. The number of nitro benzene ring substituents is 1. The van der Waals surface area contributed by atoms with E-state index in [1.165, 1.54) is 18.2 Å². The van der Waals surface area contributed by atoms with E-state index in [1.807, 2.05) is 0 Å². The minimum atomic E-state index is -1.20. The van der Waals surface area contributed by atoms with Gasteiger partial charge in [-0.25, -0.2) is 9.59 Å². The summed E-state index contributed by atoms with van der Waals surface area (Å²) in [6.07, 6.45) is -0.351. The van der Waals surface area contributed by atoms with Crippen LogP contribution in [0.2, 0.25) is 0 Å². The largest absolute Gasteiger partial charge is 0.480 e. The Kier molecular flexibility index (Phi) is 6.77. The second kappa shape index (κ2) is 8.57. The van der Waals surface area contributed by atoms with E-state index in [1.54, 1.807) is 6.07 Å². The van der Waals surface area contributed by atoms with E-state index in [-0.39, 0.29) is 24.3 Å². The molecule has 0 saturated carbocycles. The number of benzene rings is 1. The fraction of sp³-hybridized carbons (Fsp3) is 0.385. The molecule has 0 aliphatic heterocycles. The molecule has 120 valence electrons. The van der Waals surface area contributed by atoms with E-state index in [0.717, 1.165) is 0 Å². The SMILES string of the molecule is NCCCC(NC(=O)OCc1ccccc1[N+](=O)[O-])C(=O)O. The Morgan fingerprint density at radius 1 is 1.41 bits per heavy atom. The van der Waals surface area contributed by atoms with Crippen LogP contribution in [-0.2, 0) is 16.1 Å². The first-order valence-electron chi connectivity index (χ1n) is 6.54. The number of hydrogen-bond donors (Lipinski definition) is 3. The lowest BCUT2D eigenvalue weighted by molar-refractivity contribution is -0.385. The minimum Gasteiger partial charge on any atom is -0.480 e. The fourth-order valence-corrected chi connectivity index (χ4v) is 1.72. The number of alkyl carbamates (subject to hydrolysis) is 1. The van der Waals surface area contributed by atoms with E-state index in [2.05, 4.69) is 5.32 Å². The number of carboxylic acid groups (broad SMARTS) is 1. The zero-order chi connectivity index (χ0) is 16.5. The van der Waals surface area contributed by atoms with Gasteiger partial charge in [-0.15, -0.1) is 0 Å². The van der Waals surface area contributed by atoms with Crippen molar-refractivity contribution >= 4 is 17.7 Å². The lowest BCUT2D eigenvalue weighted by Gasteiger charge is -2.14. The van der Waals surface area contributed by atoms with E-state index < -0.39 is 23.0 Å². The van der Waals surface area contributed by atoms with Crippen molar-refractivity contribution < 1.29 is 24.4 Å². The fourth-order valence-electron chi connectivity index (χ4n) is 1.72. The molecule has 0 bridgehead atoms. The van der Waals surface area contributed by atoms with Gasteiger partial charge in [0.15, 0.2) is 0 Å². The number of ether oxygens (including phenoxy) is 1. The van der Waals surface area contributed by atoms with Crippen LogP contribution >= 0.6 is 0 Å². The van der Waals surface area contributed by atoms with Crippen molar-refractivity contribution in [2.45, 2.75) is 25.5 Å². The number of carboxylic acids is 1. The maximum atomic E-state index is 11.6. The lowest BCUT2D eigenvalue weighted by Crippen LogP contribution is -2.41. The molecular formula is C13H17N3O6. The quantitative estimate of drug-likeness (QED) is 0.480. The summed E-state index contributed by atoms with van der Waals surface area (Å²) >= 11 is 0. The maximum Gasteiger partial charge on any atom is 0.408 e. The summed E-state index contributed by atoms with van der Waals surface area (Å²) in [5, 5.41) is 21.9. The topological polar surface area (TPSA) is 145 Å². The van der Waals surface area contributed by atoms with Crippen LogP contribution < -0.4 is 11.1 Å². The Morgan fingerprint density at radius 2 is 2.09 bits per heavy atom. The van der Waals surface area contributed by atoms with Gasteiger partial charge in [-0.05, 0) is 25.5 Å². The summed E-state index contributed by atoms with van der Waals surface area (Å²) in [7, 11) is 0. The third-order valence-corrected chi connectivity index (χ3v) is 2.83. The molecule has 4 N–H and O–H groups in total. The number of para-hydroxylation sites is 1. The molecule has 0 aliphatic rings. The average Bonchev–Trinajstić information content (AvgIpc) is 2.49. The lowest BCUT2D eigenvalue weighted by atomic mass is 10.1. The molecule has 1 aromatic rings. The highest BCUT2D eigenvalue weighted by Crippen LogP contribution is 2.18. The van der Waals surface area contributed by atoms with E-state index >= 15 is 0 Å². The monoisotopic (exact) mass is 311 g/mol. The molecule has 22 heavy (non-hydrogen) atoms. The van der Waals surface area contributed by atoms with Crippen LogP contribution in [0.15, 0.2) is 24.3 Å². The van der Waals surface area contributed by atoms with Gasteiger partial charge in [0.1, 0.15) is 12.6 Å². The molecule has 1 unspecified atom stereocenters. The molecule has 1 atom stereocenters. The van der Waals surface area contributed by atoms with Crippen molar-refractivity contribution in [2.24, 2.45) is 5.73 Å². The molecule has 9 nitrogen and oxygen atoms in total. The molecule has 0 saturated heterocycles. The van der Waals surface area contributed by atoms with Crippen LogP contribution in [0.1, 0.15) is 18.4 Å². The number of nitrogens with one attached hydrogen (secondary N) is 1. The van der Waals surface area contributed by atoms with Gasteiger partial charge in [-0.1, -0.05) is 12.1 Å². The predicted octanol–water partition coefficient (Wildman–Crippen LogP) is 1.01. The highest BCUT2D eigenvalue weighted by Gasteiger charge is 2.21. The summed E-state index contributed by atoms with van der Waals surface area (Å²) in [6, 6.07) is 4.70. The molecule has 1 rings (SSSR count). The van der Waals surface area contributed by atoms with E-state index in [0.29, 0.717) is 13.0 Å². The first-order chi connectivity index (χ1) is 10.5. The number of amides is 1. The number of nitro groups is 1. The Labute approximate surface area is 126 Å². The normalized spacial score (nSPS) is 11.5. The summed E-state index contributed by atoms with van der Waals surface area (Å²) in [5.74, 6) is -1.20. The number of hydrogen-bond acceptors (Lipinski definition) is 6. The van der Waals surface area contributed by atoms with Gasteiger partial charge in [0.2, 0.25) is 0 Å². The second-order valence-corrected chi connectivity index (χ2v) is 4.43. The van der Waals surface area contributed by atoms with Gasteiger partial charge < -0.3 is 20.9 Å². The maximum absolute atomic E-state index is 11.6. The molecular weight excluding hydrogens is 294 g/mol. The second-order valence-electron chi connectivity index (χ2n) is 4.43. The van der Waals surface area contributed by atoms with E-state index in [9.17, 15) is 19.7 Å². The third-order valence-electron chi connectivity index (χ3n) is 2.83. The van der Waals surface area contributed by atoms with Crippen molar-refractivity contribution in [3.8, 4) is 0 Å². The summed E-state index contributed by atoms with van der Waals surface area (Å²) in [6.45, 7) is -0.0249. The number of rotatable bonds is 8. The first-order valence-corrected chi connectivity index (χ1v) is 6.54. The number of nitrogens with two attached hydrogens (primary N) is 1. The Hall–Kier alpha value is -2.68. The third kappa shape index (κ3) is 5.37. The highest BCUT2D eigenvalue weighted by molar-refractivity contribution is 5.79. The summed E-state index contributed by atoms with van der Waals surface area (Å²) < 4.78 is 4.83. The minimum absolute atomic E-state index is 0.173. The molecule has 0 spiro atoms. The molecule has 1 aromatic carbocycles. The van der Waals surface area contributed by atoms with Crippen molar-refractivity contribution in [1.29, 1.82) is 0 Å². The van der Waals surface area contributed by atoms with Crippen LogP contribution in [-0.4, -0.2) is 34.7 Å². The van der Waals surface area contributed by atoms with Crippen molar-refractivity contribution in [2.75, 3.05) is 6.54 Å².